The normalized spacial score (nSPS) is 22.9. The quantitative estimate of drug-likeness (QED) is 0.915. The highest BCUT2D eigenvalue weighted by Gasteiger charge is 2.25. The minimum Gasteiger partial charge on any atom is -0.327 e. The number of benzene rings is 1. The molecule has 0 bridgehead atoms. The maximum Gasteiger partial charge on any atom is 0.123 e. The highest BCUT2D eigenvalue weighted by atomic mass is 35.5. The number of nitrogens with zero attached hydrogens (tertiary/aromatic N) is 1. The molecule has 1 aromatic carbocycles. The van der Waals surface area contributed by atoms with Crippen LogP contribution in [0.3, 0.4) is 0 Å². The highest BCUT2D eigenvalue weighted by Crippen LogP contribution is 2.26. The third kappa shape index (κ3) is 4.29. The number of likely N-dealkylation sites (tertiary alicyclic amines) is 1. The Bertz CT molecular complexity index is 613. The van der Waals surface area contributed by atoms with Crippen LogP contribution in [0, 0.1) is 11.7 Å². The van der Waals surface area contributed by atoms with Gasteiger partial charge in [0.25, 0.3) is 0 Å². The average molecular weight is 339 g/mol. The standard InChI is InChI=1S/C17H20ClFN2S/c18-17-7-14(11-22-17)5-13-6-16(20)10-21(9-13)8-12-1-3-15(19)4-2-12/h1-4,7,11,13,16H,5-6,8-10,20H2. The summed E-state index contributed by atoms with van der Waals surface area (Å²) in [7, 11) is 0. The topological polar surface area (TPSA) is 29.3 Å². The Hall–Kier alpha value is -0.940. The van der Waals surface area contributed by atoms with Gasteiger partial charge in [0.2, 0.25) is 0 Å². The molecule has 0 saturated carbocycles. The van der Waals surface area contributed by atoms with Gasteiger partial charge in [-0.1, -0.05) is 23.7 Å². The Morgan fingerprint density at radius 2 is 2.00 bits per heavy atom. The molecule has 0 aliphatic carbocycles. The molecule has 3 rings (SSSR count). The number of piperidine rings is 1. The van der Waals surface area contributed by atoms with E-state index in [0.29, 0.717) is 5.92 Å². The van der Waals surface area contributed by atoms with Crippen LogP contribution in [-0.4, -0.2) is 24.0 Å². The molecule has 2 heterocycles. The molecule has 2 aromatic rings. The van der Waals surface area contributed by atoms with Gasteiger partial charge in [0, 0.05) is 25.7 Å². The van der Waals surface area contributed by atoms with Crippen molar-refractivity contribution in [3.8, 4) is 0 Å². The molecule has 2 N–H and O–H groups in total. The maximum atomic E-state index is 13.0. The highest BCUT2D eigenvalue weighted by molar-refractivity contribution is 7.14. The van der Waals surface area contributed by atoms with Gasteiger partial charge < -0.3 is 5.73 Å². The summed E-state index contributed by atoms with van der Waals surface area (Å²) in [4.78, 5) is 2.38. The summed E-state index contributed by atoms with van der Waals surface area (Å²) in [6, 6.07) is 8.99. The van der Waals surface area contributed by atoms with Crippen molar-refractivity contribution < 1.29 is 4.39 Å². The van der Waals surface area contributed by atoms with E-state index in [4.69, 9.17) is 17.3 Å². The summed E-state index contributed by atoms with van der Waals surface area (Å²) in [6.07, 6.45) is 2.07. The van der Waals surface area contributed by atoms with Gasteiger partial charge in [-0.25, -0.2) is 4.39 Å². The largest absolute Gasteiger partial charge is 0.327 e. The average Bonchev–Trinajstić information content (AvgIpc) is 2.86. The zero-order valence-electron chi connectivity index (χ0n) is 12.3. The van der Waals surface area contributed by atoms with E-state index in [0.717, 1.165) is 42.4 Å². The second-order valence-electron chi connectivity index (χ2n) is 6.15. The van der Waals surface area contributed by atoms with Crippen molar-refractivity contribution in [2.75, 3.05) is 13.1 Å². The summed E-state index contributed by atoms with van der Waals surface area (Å²) in [6.45, 7) is 2.76. The van der Waals surface area contributed by atoms with Gasteiger partial charge in [-0.2, -0.15) is 0 Å². The van der Waals surface area contributed by atoms with Crippen LogP contribution in [-0.2, 0) is 13.0 Å². The summed E-state index contributed by atoms with van der Waals surface area (Å²) < 4.78 is 13.8. The van der Waals surface area contributed by atoms with E-state index in [-0.39, 0.29) is 11.9 Å². The van der Waals surface area contributed by atoms with E-state index >= 15 is 0 Å². The van der Waals surface area contributed by atoms with Gasteiger partial charge >= 0.3 is 0 Å². The first-order chi connectivity index (χ1) is 10.6. The molecule has 118 valence electrons. The fourth-order valence-electron chi connectivity index (χ4n) is 3.26. The molecular weight excluding hydrogens is 319 g/mol. The smallest absolute Gasteiger partial charge is 0.123 e. The van der Waals surface area contributed by atoms with Crippen molar-refractivity contribution in [2.45, 2.75) is 25.4 Å². The lowest BCUT2D eigenvalue weighted by atomic mass is 9.89. The zero-order valence-corrected chi connectivity index (χ0v) is 13.9. The number of rotatable bonds is 4. The molecule has 5 heteroatoms. The molecule has 2 nitrogen and oxygen atoms in total. The van der Waals surface area contributed by atoms with Crippen molar-refractivity contribution in [3.63, 3.8) is 0 Å². The second-order valence-corrected chi connectivity index (χ2v) is 7.69. The Balaban J connectivity index is 1.61. The first-order valence-electron chi connectivity index (χ1n) is 7.54. The molecule has 0 amide bonds. The summed E-state index contributed by atoms with van der Waals surface area (Å²) >= 11 is 7.59. The third-order valence-electron chi connectivity index (χ3n) is 4.11. The summed E-state index contributed by atoms with van der Waals surface area (Å²) in [5.74, 6) is 0.362. The minimum atomic E-state index is -0.189. The third-order valence-corrected chi connectivity index (χ3v) is 5.25. The van der Waals surface area contributed by atoms with E-state index in [1.54, 1.807) is 11.3 Å². The van der Waals surface area contributed by atoms with Crippen molar-refractivity contribution in [1.82, 2.24) is 4.90 Å². The molecular formula is C17H20ClFN2S. The van der Waals surface area contributed by atoms with Crippen molar-refractivity contribution in [1.29, 1.82) is 0 Å². The maximum absolute atomic E-state index is 13.0. The van der Waals surface area contributed by atoms with Gasteiger partial charge in [0.05, 0.1) is 4.34 Å². The SMILES string of the molecule is NC1CC(Cc2csc(Cl)c2)CN(Cc2ccc(F)cc2)C1. The van der Waals surface area contributed by atoms with Gasteiger partial charge in [-0.3, -0.25) is 4.90 Å². The van der Waals surface area contributed by atoms with Crippen LogP contribution < -0.4 is 5.73 Å². The van der Waals surface area contributed by atoms with Crippen LogP contribution in [0.5, 0.6) is 0 Å². The molecule has 1 saturated heterocycles. The predicted octanol–water partition coefficient (Wildman–Crippen LogP) is 3.93. The Labute approximate surface area is 139 Å². The van der Waals surface area contributed by atoms with Gasteiger partial charge in [0.15, 0.2) is 0 Å². The van der Waals surface area contributed by atoms with Crippen molar-refractivity contribution >= 4 is 22.9 Å². The summed E-state index contributed by atoms with van der Waals surface area (Å²) in [5, 5.41) is 2.13. The molecule has 0 spiro atoms. The van der Waals surface area contributed by atoms with E-state index in [2.05, 4.69) is 16.3 Å². The number of thiophene rings is 1. The lowest BCUT2D eigenvalue weighted by Crippen LogP contribution is -2.47. The van der Waals surface area contributed by atoms with Crippen LogP contribution in [0.25, 0.3) is 0 Å². The number of hydrogen-bond donors (Lipinski definition) is 1. The van der Waals surface area contributed by atoms with Crippen LogP contribution in [0.15, 0.2) is 35.7 Å². The predicted molar refractivity (Wildman–Crippen MR) is 90.8 cm³/mol. The molecule has 2 unspecified atom stereocenters. The molecule has 1 aromatic heterocycles. The van der Waals surface area contributed by atoms with Crippen LogP contribution in [0.1, 0.15) is 17.5 Å². The fourth-order valence-corrected chi connectivity index (χ4v) is 4.18. The van der Waals surface area contributed by atoms with Crippen LogP contribution >= 0.6 is 22.9 Å². The molecule has 0 radical (unpaired) electrons. The zero-order chi connectivity index (χ0) is 15.5. The van der Waals surface area contributed by atoms with Gasteiger partial charge in [0.1, 0.15) is 5.82 Å². The molecule has 2 atom stereocenters. The Morgan fingerprint density at radius 3 is 2.68 bits per heavy atom. The Morgan fingerprint density at radius 1 is 1.23 bits per heavy atom. The first kappa shape index (κ1) is 15.9. The van der Waals surface area contributed by atoms with Gasteiger partial charge in [-0.05, 0) is 53.5 Å². The van der Waals surface area contributed by atoms with E-state index in [1.165, 1.54) is 17.7 Å². The number of halogens is 2. The van der Waals surface area contributed by atoms with E-state index in [9.17, 15) is 4.39 Å². The first-order valence-corrected chi connectivity index (χ1v) is 8.79. The lowest BCUT2D eigenvalue weighted by molar-refractivity contribution is 0.149. The second kappa shape index (κ2) is 7.09. The van der Waals surface area contributed by atoms with Crippen molar-refractivity contribution in [2.24, 2.45) is 11.7 Å². The van der Waals surface area contributed by atoms with Crippen LogP contribution in [0.4, 0.5) is 4.39 Å². The van der Waals surface area contributed by atoms with E-state index < -0.39 is 0 Å². The molecule has 1 fully saturated rings. The molecule has 1 aliphatic rings. The fraction of sp³-hybridized carbons (Fsp3) is 0.412. The number of hydrogen-bond acceptors (Lipinski definition) is 3. The van der Waals surface area contributed by atoms with Gasteiger partial charge in [-0.15, -0.1) is 11.3 Å². The van der Waals surface area contributed by atoms with E-state index in [1.807, 2.05) is 12.1 Å². The molecule has 1 aliphatic heterocycles. The van der Waals surface area contributed by atoms with Crippen molar-refractivity contribution in [3.05, 3.63) is 57.0 Å². The lowest BCUT2D eigenvalue weighted by Gasteiger charge is -2.36. The number of nitrogens with two attached hydrogens (primary N) is 1. The molecule has 22 heavy (non-hydrogen) atoms. The van der Waals surface area contributed by atoms with Crippen LogP contribution in [0.2, 0.25) is 4.34 Å². The Kier molecular flexibility index (Phi) is 5.14. The summed E-state index contributed by atoms with van der Waals surface area (Å²) in [5.41, 5.74) is 8.66. The minimum absolute atomic E-state index is 0.189. The monoisotopic (exact) mass is 338 g/mol.